The number of guanidine groups is 1. The molecular formula is C24H36IN3O3S. The first-order valence-electron chi connectivity index (χ1n) is 10.6. The van der Waals surface area contributed by atoms with Crippen LogP contribution in [0.4, 0.5) is 0 Å². The molecule has 32 heavy (non-hydrogen) atoms. The van der Waals surface area contributed by atoms with Crippen LogP contribution in [0.2, 0.25) is 0 Å². The van der Waals surface area contributed by atoms with E-state index in [0.29, 0.717) is 29.9 Å². The number of hydrogen-bond acceptors (Lipinski definition) is 4. The average molecular weight is 574 g/mol. The van der Waals surface area contributed by atoms with Crippen molar-refractivity contribution in [2.45, 2.75) is 58.2 Å². The van der Waals surface area contributed by atoms with Crippen LogP contribution in [0.5, 0.6) is 5.75 Å². The van der Waals surface area contributed by atoms with Gasteiger partial charge in [-0.25, -0.2) is 8.42 Å². The molecule has 0 amide bonds. The van der Waals surface area contributed by atoms with Crippen LogP contribution >= 0.6 is 24.0 Å². The molecule has 6 nitrogen and oxygen atoms in total. The van der Waals surface area contributed by atoms with Crippen LogP contribution in [-0.2, 0) is 22.9 Å². The Morgan fingerprint density at radius 3 is 2.22 bits per heavy atom. The van der Waals surface area contributed by atoms with Crippen LogP contribution in [-0.4, -0.2) is 33.8 Å². The van der Waals surface area contributed by atoms with E-state index < -0.39 is 9.84 Å². The van der Waals surface area contributed by atoms with Gasteiger partial charge in [-0.3, -0.25) is 4.99 Å². The van der Waals surface area contributed by atoms with E-state index in [1.165, 1.54) is 6.26 Å². The number of rotatable bonds is 9. The molecule has 0 heterocycles. The number of aryl methyl sites for hydroxylation is 1. The second kappa shape index (κ2) is 13.0. The summed E-state index contributed by atoms with van der Waals surface area (Å²) in [6.45, 7) is 9.68. The minimum atomic E-state index is -3.19. The third-order valence-electron chi connectivity index (χ3n) is 4.84. The molecule has 178 valence electrons. The second-order valence-corrected chi connectivity index (χ2v) is 10.4. The summed E-state index contributed by atoms with van der Waals surface area (Å²) in [4.78, 5) is 4.60. The van der Waals surface area contributed by atoms with Gasteiger partial charge in [-0.2, -0.15) is 0 Å². The maximum atomic E-state index is 11.6. The number of nitrogens with one attached hydrogen (secondary N) is 2. The number of aliphatic imine (C=N–C) groups is 1. The Bertz CT molecular complexity index is 990. The lowest BCUT2D eigenvalue weighted by atomic mass is 10.1. The normalized spacial score (nSPS) is 12.8. The molecule has 1 unspecified atom stereocenters. The van der Waals surface area contributed by atoms with Gasteiger partial charge in [0.2, 0.25) is 0 Å². The molecule has 2 aromatic rings. The lowest BCUT2D eigenvalue weighted by molar-refractivity contribution is 0.191. The highest BCUT2D eigenvalue weighted by Gasteiger charge is 2.11. The van der Waals surface area contributed by atoms with Crippen molar-refractivity contribution >= 4 is 39.8 Å². The molecule has 0 aliphatic rings. The zero-order valence-corrected chi connectivity index (χ0v) is 23.0. The van der Waals surface area contributed by atoms with E-state index in [4.69, 9.17) is 4.74 Å². The van der Waals surface area contributed by atoms with Crippen molar-refractivity contribution in [3.05, 3.63) is 59.2 Å². The summed E-state index contributed by atoms with van der Waals surface area (Å²) in [7, 11) is -1.46. The van der Waals surface area contributed by atoms with Crippen LogP contribution in [0, 0.1) is 12.8 Å². The van der Waals surface area contributed by atoms with E-state index in [2.05, 4.69) is 61.5 Å². The summed E-state index contributed by atoms with van der Waals surface area (Å²) < 4.78 is 29.4. The number of nitrogens with zero attached hydrogens (tertiary/aromatic N) is 1. The molecule has 2 rings (SSSR count). The first-order chi connectivity index (χ1) is 14.6. The third-order valence-corrected chi connectivity index (χ3v) is 5.96. The molecule has 0 aliphatic carbocycles. The largest absolute Gasteiger partial charge is 0.490 e. The van der Waals surface area contributed by atoms with Crippen LogP contribution in [0.1, 0.15) is 43.9 Å². The molecule has 0 aromatic heterocycles. The predicted molar refractivity (Wildman–Crippen MR) is 143 cm³/mol. The molecule has 0 radical (unpaired) electrons. The highest BCUT2D eigenvalue weighted by molar-refractivity contribution is 14.0. The second-order valence-electron chi connectivity index (χ2n) is 8.36. The van der Waals surface area contributed by atoms with Crippen molar-refractivity contribution in [2.75, 3.05) is 13.3 Å². The van der Waals surface area contributed by atoms with Crippen LogP contribution in [0.3, 0.4) is 0 Å². The zero-order chi connectivity index (χ0) is 23.0. The Labute approximate surface area is 210 Å². The van der Waals surface area contributed by atoms with Crippen molar-refractivity contribution in [3.63, 3.8) is 0 Å². The van der Waals surface area contributed by atoms with Gasteiger partial charge in [0.15, 0.2) is 15.8 Å². The summed E-state index contributed by atoms with van der Waals surface area (Å²) in [5.41, 5.74) is 3.20. The topological polar surface area (TPSA) is 79.8 Å². The Hall–Kier alpha value is -1.81. The van der Waals surface area contributed by atoms with E-state index in [1.807, 2.05) is 0 Å². The maximum Gasteiger partial charge on any atom is 0.191 e. The van der Waals surface area contributed by atoms with Gasteiger partial charge in [0.05, 0.1) is 11.0 Å². The van der Waals surface area contributed by atoms with Crippen molar-refractivity contribution in [1.29, 1.82) is 0 Å². The molecule has 0 saturated carbocycles. The van der Waals surface area contributed by atoms with E-state index in [0.717, 1.165) is 28.9 Å². The fraction of sp³-hybridized carbons (Fsp3) is 0.458. The predicted octanol–water partition coefficient (Wildman–Crippen LogP) is 4.70. The molecule has 0 aliphatic heterocycles. The van der Waals surface area contributed by atoms with E-state index in [-0.39, 0.29) is 30.1 Å². The SMILES string of the molecule is CN=C(NCc1ccc(S(C)(=O)=O)cc1)NCc1ccc(C)cc1OC(C)CC(C)C.I. The van der Waals surface area contributed by atoms with Gasteiger partial charge in [0.25, 0.3) is 0 Å². The zero-order valence-electron chi connectivity index (χ0n) is 19.8. The minimum absolute atomic E-state index is 0. The van der Waals surface area contributed by atoms with Crippen LogP contribution in [0.15, 0.2) is 52.4 Å². The smallest absolute Gasteiger partial charge is 0.191 e. The fourth-order valence-corrected chi connectivity index (χ4v) is 3.92. The van der Waals surface area contributed by atoms with E-state index >= 15 is 0 Å². The fourth-order valence-electron chi connectivity index (χ4n) is 3.29. The summed E-state index contributed by atoms with van der Waals surface area (Å²) in [5.74, 6) is 2.14. The highest BCUT2D eigenvalue weighted by Crippen LogP contribution is 2.23. The molecule has 2 N–H and O–H groups in total. The van der Waals surface area contributed by atoms with Gasteiger partial charge in [-0.15, -0.1) is 24.0 Å². The number of benzene rings is 2. The van der Waals surface area contributed by atoms with Crippen molar-refractivity contribution in [3.8, 4) is 5.75 Å². The van der Waals surface area contributed by atoms with E-state index in [9.17, 15) is 8.42 Å². The standard InChI is InChI=1S/C24H35N3O3S.HI/c1-17(2)13-19(4)30-23-14-18(3)7-10-21(23)16-27-24(25-5)26-15-20-8-11-22(12-9-20)31(6,28)29;/h7-12,14,17,19H,13,15-16H2,1-6H3,(H2,25,26,27);1H. The van der Waals surface area contributed by atoms with Crippen LogP contribution < -0.4 is 15.4 Å². The number of sulfone groups is 1. The Kier molecular flexibility index (Phi) is 11.5. The minimum Gasteiger partial charge on any atom is -0.490 e. The van der Waals surface area contributed by atoms with Gasteiger partial charge >= 0.3 is 0 Å². The monoisotopic (exact) mass is 573 g/mol. The first-order valence-corrected chi connectivity index (χ1v) is 12.5. The highest BCUT2D eigenvalue weighted by atomic mass is 127. The third kappa shape index (κ3) is 9.36. The molecule has 1 atom stereocenters. The quantitative estimate of drug-likeness (QED) is 0.259. The molecule has 0 saturated heterocycles. The lowest BCUT2D eigenvalue weighted by Crippen LogP contribution is -2.36. The molecule has 0 spiro atoms. The van der Waals surface area contributed by atoms with Crippen molar-refractivity contribution < 1.29 is 13.2 Å². The summed E-state index contributed by atoms with van der Waals surface area (Å²) >= 11 is 0. The summed E-state index contributed by atoms with van der Waals surface area (Å²) in [6, 6.07) is 13.1. The lowest BCUT2D eigenvalue weighted by Gasteiger charge is -2.20. The van der Waals surface area contributed by atoms with Crippen LogP contribution in [0.25, 0.3) is 0 Å². The number of hydrogen-bond donors (Lipinski definition) is 2. The van der Waals surface area contributed by atoms with Gasteiger partial charge in [-0.05, 0) is 55.5 Å². The Morgan fingerprint density at radius 1 is 1.03 bits per heavy atom. The Balaban J connectivity index is 0.00000512. The molecule has 2 aromatic carbocycles. The van der Waals surface area contributed by atoms with Gasteiger partial charge in [0.1, 0.15) is 5.75 Å². The van der Waals surface area contributed by atoms with Gasteiger partial charge < -0.3 is 15.4 Å². The summed E-state index contributed by atoms with van der Waals surface area (Å²) in [5, 5.41) is 6.59. The number of ether oxygens (including phenoxy) is 1. The Morgan fingerprint density at radius 2 is 1.66 bits per heavy atom. The van der Waals surface area contributed by atoms with Crippen molar-refractivity contribution in [1.82, 2.24) is 10.6 Å². The summed E-state index contributed by atoms with van der Waals surface area (Å²) in [6.07, 6.45) is 2.36. The van der Waals surface area contributed by atoms with E-state index in [1.54, 1.807) is 31.3 Å². The van der Waals surface area contributed by atoms with Crippen molar-refractivity contribution in [2.24, 2.45) is 10.9 Å². The number of halogens is 1. The molecular weight excluding hydrogens is 537 g/mol. The van der Waals surface area contributed by atoms with Gasteiger partial charge in [-0.1, -0.05) is 38.1 Å². The molecule has 0 bridgehead atoms. The molecule has 8 heteroatoms. The maximum absolute atomic E-state index is 11.6. The molecule has 0 fully saturated rings. The van der Waals surface area contributed by atoms with Gasteiger partial charge in [0, 0.05) is 32.0 Å². The average Bonchev–Trinajstić information content (AvgIpc) is 2.68. The first kappa shape index (κ1) is 28.2.